The van der Waals surface area contributed by atoms with E-state index in [-0.39, 0.29) is 0 Å². The molecule has 0 unspecified atom stereocenters. The zero-order valence-electron chi connectivity index (χ0n) is 6.85. The summed E-state index contributed by atoms with van der Waals surface area (Å²) in [5.41, 5.74) is 0. The lowest BCUT2D eigenvalue weighted by Gasteiger charge is -1.92. The van der Waals surface area contributed by atoms with Crippen LogP contribution in [0.25, 0.3) is 10.7 Å². The molecule has 0 N–H and O–H groups in total. The van der Waals surface area contributed by atoms with E-state index in [0.717, 1.165) is 15.7 Å². The lowest BCUT2D eigenvalue weighted by Crippen LogP contribution is -1.87. The number of nitrogens with zero attached hydrogens (tertiary/aromatic N) is 4. The maximum atomic E-state index is 4.15. The number of thiazole rings is 1. The summed E-state index contributed by atoms with van der Waals surface area (Å²) in [6.07, 6.45) is 3.51. The molecule has 12 heavy (non-hydrogen) atoms. The first-order valence-corrected chi connectivity index (χ1v) is 4.36. The highest BCUT2D eigenvalue weighted by atomic mass is 32.1. The van der Waals surface area contributed by atoms with Gasteiger partial charge in [-0.3, -0.25) is 0 Å². The van der Waals surface area contributed by atoms with E-state index in [4.69, 9.17) is 0 Å². The van der Waals surface area contributed by atoms with Crippen LogP contribution in [-0.4, -0.2) is 19.7 Å². The molecule has 0 aliphatic carbocycles. The van der Waals surface area contributed by atoms with Crippen molar-refractivity contribution in [3.63, 3.8) is 0 Å². The molecule has 0 saturated heterocycles. The Kier molecular flexibility index (Phi) is 1.65. The molecule has 2 heterocycles. The van der Waals surface area contributed by atoms with Gasteiger partial charge in [0.05, 0.1) is 9.88 Å². The quantitative estimate of drug-likeness (QED) is 0.663. The van der Waals surface area contributed by atoms with Gasteiger partial charge in [0.15, 0.2) is 5.82 Å². The lowest BCUT2D eigenvalue weighted by molar-refractivity contribution is 0.922. The van der Waals surface area contributed by atoms with Crippen molar-refractivity contribution in [2.45, 2.75) is 6.92 Å². The molecule has 2 rings (SSSR count). The SMILES string of the molecule is Cc1ncc(-c2nncn2C)s1. The van der Waals surface area contributed by atoms with Crippen LogP contribution in [0.15, 0.2) is 12.5 Å². The van der Waals surface area contributed by atoms with Crippen LogP contribution in [0.3, 0.4) is 0 Å². The van der Waals surface area contributed by atoms with Gasteiger partial charge in [-0.25, -0.2) is 4.98 Å². The van der Waals surface area contributed by atoms with Gasteiger partial charge in [-0.2, -0.15) is 0 Å². The van der Waals surface area contributed by atoms with Gasteiger partial charge in [0, 0.05) is 13.2 Å². The van der Waals surface area contributed by atoms with Gasteiger partial charge in [0.1, 0.15) is 6.33 Å². The van der Waals surface area contributed by atoms with Gasteiger partial charge in [0.2, 0.25) is 0 Å². The molecule has 5 heteroatoms. The molecule has 2 aromatic rings. The average Bonchev–Trinajstić information content (AvgIpc) is 2.58. The van der Waals surface area contributed by atoms with E-state index < -0.39 is 0 Å². The Balaban J connectivity index is 2.50. The van der Waals surface area contributed by atoms with E-state index in [2.05, 4.69) is 15.2 Å². The number of hydrogen-bond donors (Lipinski definition) is 0. The van der Waals surface area contributed by atoms with Crippen LogP contribution in [-0.2, 0) is 7.05 Å². The van der Waals surface area contributed by atoms with Crippen LogP contribution in [0.1, 0.15) is 5.01 Å². The maximum Gasteiger partial charge on any atom is 0.175 e. The van der Waals surface area contributed by atoms with Crippen molar-refractivity contribution in [2.24, 2.45) is 7.05 Å². The first-order valence-electron chi connectivity index (χ1n) is 3.54. The lowest BCUT2D eigenvalue weighted by atomic mass is 10.5. The number of rotatable bonds is 1. The second-order valence-electron chi connectivity index (χ2n) is 2.51. The second kappa shape index (κ2) is 2.67. The van der Waals surface area contributed by atoms with Crippen molar-refractivity contribution >= 4 is 11.3 Å². The summed E-state index contributed by atoms with van der Waals surface area (Å²) in [7, 11) is 1.92. The zero-order chi connectivity index (χ0) is 8.55. The first-order chi connectivity index (χ1) is 5.77. The smallest absolute Gasteiger partial charge is 0.175 e. The van der Waals surface area contributed by atoms with Crippen LogP contribution in [0, 0.1) is 6.92 Å². The second-order valence-corrected chi connectivity index (χ2v) is 3.74. The minimum absolute atomic E-state index is 0.876. The molecule has 0 saturated carbocycles. The maximum absolute atomic E-state index is 4.15. The molecular weight excluding hydrogens is 172 g/mol. The molecule has 0 aliphatic heterocycles. The molecule has 0 spiro atoms. The fourth-order valence-electron chi connectivity index (χ4n) is 0.971. The van der Waals surface area contributed by atoms with Gasteiger partial charge in [-0.15, -0.1) is 21.5 Å². The van der Waals surface area contributed by atoms with E-state index in [9.17, 15) is 0 Å². The molecule has 0 aromatic carbocycles. The zero-order valence-corrected chi connectivity index (χ0v) is 7.67. The molecule has 0 amide bonds. The minimum atomic E-state index is 0.876. The number of aryl methyl sites for hydroxylation is 2. The van der Waals surface area contributed by atoms with Crippen molar-refractivity contribution in [1.29, 1.82) is 0 Å². The Bertz CT molecular complexity index is 390. The van der Waals surface area contributed by atoms with Gasteiger partial charge >= 0.3 is 0 Å². The Morgan fingerprint density at radius 1 is 1.50 bits per heavy atom. The van der Waals surface area contributed by atoms with E-state index in [1.165, 1.54) is 0 Å². The van der Waals surface area contributed by atoms with Gasteiger partial charge in [-0.1, -0.05) is 0 Å². The van der Waals surface area contributed by atoms with E-state index >= 15 is 0 Å². The Morgan fingerprint density at radius 2 is 2.33 bits per heavy atom. The molecule has 0 bridgehead atoms. The Hall–Kier alpha value is -1.23. The molecular formula is C7H8N4S. The van der Waals surface area contributed by atoms with Crippen molar-refractivity contribution in [1.82, 2.24) is 19.7 Å². The molecule has 0 atom stereocenters. The fraction of sp³-hybridized carbons (Fsp3) is 0.286. The largest absolute Gasteiger partial charge is 0.316 e. The summed E-state index contributed by atoms with van der Waals surface area (Å²) in [5.74, 6) is 0.876. The summed E-state index contributed by atoms with van der Waals surface area (Å²) in [6.45, 7) is 1.98. The summed E-state index contributed by atoms with van der Waals surface area (Å²) >= 11 is 1.63. The van der Waals surface area contributed by atoms with Crippen LogP contribution in [0.2, 0.25) is 0 Å². The molecule has 62 valence electrons. The third kappa shape index (κ3) is 1.12. The highest BCUT2D eigenvalue weighted by molar-refractivity contribution is 7.14. The topological polar surface area (TPSA) is 43.6 Å². The standard InChI is InChI=1S/C7H8N4S/c1-5-8-3-6(12-5)7-10-9-4-11(7)2/h3-4H,1-2H3. The highest BCUT2D eigenvalue weighted by Crippen LogP contribution is 2.22. The van der Waals surface area contributed by atoms with Crippen molar-refractivity contribution in [3.05, 3.63) is 17.5 Å². The third-order valence-electron chi connectivity index (χ3n) is 1.55. The molecule has 2 aromatic heterocycles. The predicted molar refractivity (Wildman–Crippen MR) is 46.8 cm³/mol. The van der Waals surface area contributed by atoms with Gasteiger partial charge in [0.25, 0.3) is 0 Å². The van der Waals surface area contributed by atoms with Crippen molar-refractivity contribution < 1.29 is 0 Å². The molecule has 0 aliphatic rings. The Morgan fingerprint density at radius 3 is 2.83 bits per heavy atom. The predicted octanol–water partition coefficient (Wildman–Crippen LogP) is 1.25. The van der Waals surface area contributed by atoms with Crippen molar-refractivity contribution in [3.8, 4) is 10.7 Å². The fourth-order valence-corrected chi connectivity index (χ4v) is 1.78. The van der Waals surface area contributed by atoms with E-state index in [1.807, 2.05) is 24.7 Å². The van der Waals surface area contributed by atoms with Crippen LogP contribution in [0.4, 0.5) is 0 Å². The van der Waals surface area contributed by atoms with E-state index in [1.54, 1.807) is 17.7 Å². The van der Waals surface area contributed by atoms with Gasteiger partial charge < -0.3 is 4.57 Å². The summed E-state index contributed by atoms with van der Waals surface area (Å²) in [4.78, 5) is 5.21. The molecule has 4 nitrogen and oxygen atoms in total. The summed E-state index contributed by atoms with van der Waals surface area (Å²) in [5, 5.41) is 8.83. The molecule has 0 radical (unpaired) electrons. The monoisotopic (exact) mass is 180 g/mol. The van der Waals surface area contributed by atoms with Gasteiger partial charge in [-0.05, 0) is 6.92 Å². The minimum Gasteiger partial charge on any atom is -0.316 e. The number of aromatic nitrogens is 4. The summed E-state index contributed by atoms with van der Waals surface area (Å²) < 4.78 is 1.88. The number of hydrogen-bond acceptors (Lipinski definition) is 4. The normalized spacial score (nSPS) is 10.5. The highest BCUT2D eigenvalue weighted by Gasteiger charge is 2.06. The van der Waals surface area contributed by atoms with Crippen LogP contribution < -0.4 is 0 Å². The van der Waals surface area contributed by atoms with Crippen LogP contribution in [0.5, 0.6) is 0 Å². The van der Waals surface area contributed by atoms with Crippen molar-refractivity contribution in [2.75, 3.05) is 0 Å². The van der Waals surface area contributed by atoms with Crippen LogP contribution >= 0.6 is 11.3 Å². The Labute approximate surface area is 73.9 Å². The molecule has 0 fully saturated rings. The third-order valence-corrected chi connectivity index (χ3v) is 2.46. The average molecular weight is 180 g/mol. The van der Waals surface area contributed by atoms with E-state index in [0.29, 0.717) is 0 Å². The summed E-state index contributed by atoms with van der Waals surface area (Å²) in [6, 6.07) is 0. The first kappa shape index (κ1) is 7.42.